The zero-order chi connectivity index (χ0) is 19.5. The van der Waals surface area contributed by atoms with Gasteiger partial charge in [0.05, 0.1) is 11.8 Å². The molecule has 0 saturated heterocycles. The van der Waals surface area contributed by atoms with Gasteiger partial charge in [0.15, 0.2) is 0 Å². The molecule has 1 aliphatic carbocycles. The van der Waals surface area contributed by atoms with Gasteiger partial charge in [0.1, 0.15) is 0 Å². The molecule has 1 heterocycles. The molecule has 4 rings (SSSR count). The van der Waals surface area contributed by atoms with E-state index in [0.717, 1.165) is 42.6 Å². The maximum atomic E-state index is 9.77. The minimum atomic E-state index is -0.143. The highest BCUT2D eigenvalue weighted by atomic mass is 16.3. The van der Waals surface area contributed by atoms with Crippen molar-refractivity contribution >= 4 is 5.69 Å². The second-order valence-corrected chi connectivity index (χ2v) is 7.82. The molecule has 1 aliphatic rings. The van der Waals surface area contributed by atoms with Crippen molar-refractivity contribution in [2.75, 3.05) is 5.32 Å². The number of aliphatic hydroxyl groups is 1. The predicted molar refractivity (Wildman–Crippen MR) is 116 cm³/mol. The lowest BCUT2D eigenvalue weighted by molar-refractivity contribution is 0.126. The molecule has 2 aromatic carbocycles. The number of nitrogens with one attached hydrogen (secondary N) is 1. The molecule has 0 unspecified atom stereocenters. The van der Waals surface area contributed by atoms with E-state index in [0.29, 0.717) is 12.6 Å². The van der Waals surface area contributed by atoms with Gasteiger partial charge in [-0.1, -0.05) is 35.9 Å². The SMILES string of the molecule is Cc1ccc(-c2cccn2-c2ccc(CN)c(NC3CCC(O)CC3)c2)cc1. The van der Waals surface area contributed by atoms with Gasteiger partial charge in [-0.05, 0) is 68.0 Å². The zero-order valence-corrected chi connectivity index (χ0v) is 16.4. The minimum absolute atomic E-state index is 0.143. The van der Waals surface area contributed by atoms with Crippen molar-refractivity contribution in [3.05, 3.63) is 71.9 Å². The number of aromatic nitrogens is 1. The van der Waals surface area contributed by atoms with E-state index in [1.165, 1.54) is 16.8 Å². The van der Waals surface area contributed by atoms with E-state index in [4.69, 9.17) is 5.73 Å². The van der Waals surface area contributed by atoms with E-state index in [1.54, 1.807) is 0 Å². The van der Waals surface area contributed by atoms with Crippen molar-refractivity contribution in [1.29, 1.82) is 0 Å². The van der Waals surface area contributed by atoms with Crippen molar-refractivity contribution < 1.29 is 5.11 Å². The molecule has 0 atom stereocenters. The second-order valence-electron chi connectivity index (χ2n) is 7.82. The number of aryl methyl sites for hydroxylation is 1. The third kappa shape index (κ3) is 3.98. The van der Waals surface area contributed by atoms with E-state index >= 15 is 0 Å². The van der Waals surface area contributed by atoms with Crippen LogP contribution in [0.25, 0.3) is 16.9 Å². The summed E-state index contributed by atoms with van der Waals surface area (Å²) in [6.45, 7) is 2.62. The lowest BCUT2D eigenvalue weighted by atomic mass is 9.92. The molecule has 4 nitrogen and oxygen atoms in total. The number of nitrogens with zero attached hydrogens (tertiary/aromatic N) is 1. The summed E-state index contributed by atoms with van der Waals surface area (Å²) in [5.41, 5.74) is 13.0. The smallest absolute Gasteiger partial charge is 0.0541 e. The van der Waals surface area contributed by atoms with E-state index in [9.17, 15) is 5.11 Å². The Hall–Kier alpha value is -2.56. The van der Waals surface area contributed by atoms with E-state index in [1.807, 2.05) is 0 Å². The summed E-state index contributed by atoms with van der Waals surface area (Å²) in [6.07, 6.45) is 5.68. The Balaban J connectivity index is 1.64. The molecule has 1 aromatic heterocycles. The number of benzene rings is 2. The summed E-state index contributed by atoms with van der Waals surface area (Å²) in [4.78, 5) is 0. The first-order valence-electron chi connectivity index (χ1n) is 10.2. The first-order valence-corrected chi connectivity index (χ1v) is 10.2. The Kier molecular flexibility index (Phi) is 5.51. The zero-order valence-electron chi connectivity index (χ0n) is 16.4. The maximum absolute atomic E-state index is 9.77. The topological polar surface area (TPSA) is 63.2 Å². The van der Waals surface area contributed by atoms with Crippen LogP contribution in [0.2, 0.25) is 0 Å². The van der Waals surface area contributed by atoms with E-state index in [2.05, 4.69) is 77.6 Å². The van der Waals surface area contributed by atoms with Gasteiger partial charge >= 0.3 is 0 Å². The molecule has 1 saturated carbocycles. The van der Waals surface area contributed by atoms with Crippen LogP contribution in [0, 0.1) is 6.92 Å². The van der Waals surface area contributed by atoms with Crippen LogP contribution >= 0.6 is 0 Å². The van der Waals surface area contributed by atoms with E-state index in [-0.39, 0.29) is 6.10 Å². The Labute approximate surface area is 167 Å². The highest BCUT2D eigenvalue weighted by Crippen LogP contribution is 2.29. The summed E-state index contributed by atoms with van der Waals surface area (Å²) in [5, 5.41) is 13.5. The molecular formula is C24H29N3O. The average molecular weight is 376 g/mol. The second kappa shape index (κ2) is 8.21. The number of nitrogens with two attached hydrogens (primary N) is 1. The molecule has 0 amide bonds. The molecule has 4 N–H and O–H groups in total. The van der Waals surface area contributed by atoms with Gasteiger partial charge in [-0.25, -0.2) is 0 Å². The van der Waals surface area contributed by atoms with Crippen molar-refractivity contribution in [3.63, 3.8) is 0 Å². The fourth-order valence-corrected chi connectivity index (χ4v) is 4.03. The Morgan fingerprint density at radius 1 is 1.04 bits per heavy atom. The van der Waals surface area contributed by atoms with Crippen molar-refractivity contribution in [2.24, 2.45) is 5.73 Å². The molecule has 4 heteroatoms. The molecule has 0 bridgehead atoms. The van der Waals surface area contributed by atoms with Gasteiger partial charge in [0, 0.05) is 30.2 Å². The molecule has 1 fully saturated rings. The highest BCUT2D eigenvalue weighted by Gasteiger charge is 2.20. The fourth-order valence-electron chi connectivity index (χ4n) is 4.03. The van der Waals surface area contributed by atoms with Crippen LogP contribution in [0.1, 0.15) is 36.8 Å². The van der Waals surface area contributed by atoms with Crippen LogP contribution < -0.4 is 11.1 Å². The third-order valence-electron chi connectivity index (χ3n) is 5.74. The molecule has 146 valence electrons. The summed E-state index contributed by atoms with van der Waals surface area (Å²) in [7, 11) is 0. The Morgan fingerprint density at radius 2 is 1.79 bits per heavy atom. The first kappa shape index (κ1) is 18.8. The lowest BCUT2D eigenvalue weighted by Gasteiger charge is -2.28. The molecule has 3 aromatic rings. The Morgan fingerprint density at radius 3 is 2.50 bits per heavy atom. The van der Waals surface area contributed by atoms with Crippen molar-refractivity contribution in [3.8, 4) is 16.9 Å². The van der Waals surface area contributed by atoms with Crippen LogP contribution in [0.3, 0.4) is 0 Å². The number of hydrogen-bond donors (Lipinski definition) is 3. The van der Waals surface area contributed by atoms with Gasteiger partial charge in [-0.15, -0.1) is 0 Å². The highest BCUT2D eigenvalue weighted by molar-refractivity contribution is 5.66. The molecule has 0 radical (unpaired) electrons. The van der Waals surface area contributed by atoms with Crippen molar-refractivity contribution in [2.45, 2.75) is 51.3 Å². The molecule has 28 heavy (non-hydrogen) atoms. The summed E-state index contributed by atoms with van der Waals surface area (Å²) in [6, 6.07) is 19.7. The summed E-state index contributed by atoms with van der Waals surface area (Å²) >= 11 is 0. The minimum Gasteiger partial charge on any atom is -0.393 e. The van der Waals surface area contributed by atoms with Gasteiger partial charge in [0.25, 0.3) is 0 Å². The van der Waals surface area contributed by atoms with Gasteiger partial charge in [-0.2, -0.15) is 0 Å². The van der Waals surface area contributed by atoms with Gasteiger partial charge < -0.3 is 20.7 Å². The average Bonchev–Trinajstić information content (AvgIpc) is 3.20. The number of anilines is 1. The van der Waals surface area contributed by atoms with Crippen LogP contribution in [0.5, 0.6) is 0 Å². The first-order chi connectivity index (χ1) is 13.6. The number of aliphatic hydroxyl groups excluding tert-OH is 1. The monoisotopic (exact) mass is 375 g/mol. The lowest BCUT2D eigenvalue weighted by Crippen LogP contribution is -2.28. The maximum Gasteiger partial charge on any atom is 0.0541 e. The van der Waals surface area contributed by atoms with Crippen LogP contribution in [-0.4, -0.2) is 21.8 Å². The molecular weight excluding hydrogens is 346 g/mol. The van der Waals surface area contributed by atoms with E-state index < -0.39 is 0 Å². The molecule has 0 spiro atoms. The molecule has 0 aliphatic heterocycles. The van der Waals surface area contributed by atoms with Gasteiger partial charge in [0.2, 0.25) is 0 Å². The number of rotatable bonds is 5. The summed E-state index contributed by atoms with van der Waals surface area (Å²) < 4.78 is 2.22. The van der Waals surface area contributed by atoms with Gasteiger partial charge in [-0.3, -0.25) is 0 Å². The quantitative estimate of drug-likeness (QED) is 0.609. The number of hydrogen-bond acceptors (Lipinski definition) is 3. The predicted octanol–water partition coefficient (Wildman–Crippen LogP) is 4.63. The largest absolute Gasteiger partial charge is 0.393 e. The standard InChI is InChI=1S/C24H29N3O/c1-17-4-6-18(7-5-17)24-3-2-14-27(24)21-11-8-19(16-25)23(15-21)26-20-9-12-22(28)13-10-20/h2-8,11,14-15,20,22,26,28H,9-10,12-13,16,25H2,1H3. The third-order valence-corrected chi connectivity index (χ3v) is 5.74. The fraction of sp³-hybridized carbons (Fsp3) is 0.333. The van der Waals surface area contributed by atoms with Crippen LogP contribution in [0.4, 0.5) is 5.69 Å². The van der Waals surface area contributed by atoms with Crippen molar-refractivity contribution in [1.82, 2.24) is 4.57 Å². The van der Waals surface area contributed by atoms with Crippen LogP contribution in [-0.2, 0) is 6.54 Å². The normalized spacial score (nSPS) is 19.5. The Bertz CT molecular complexity index is 921. The summed E-state index contributed by atoms with van der Waals surface area (Å²) in [5.74, 6) is 0. The van der Waals surface area contributed by atoms with Crippen LogP contribution in [0.15, 0.2) is 60.8 Å².